The summed E-state index contributed by atoms with van der Waals surface area (Å²) >= 11 is 0. The molecule has 4 nitrogen and oxygen atoms in total. The smallest absolute Gasteiger partial charge is 0.248 e. The molecule has 0 aromatic heterocycles. The van der Waals surface area contributed by atoms with Gasteiger partial charge in [-0.2, -0.15) is 0 Å². The summed E-state index contributed by atoms with van der Waals surface area (Å²) in [7, 11) is 1.82. The second kappa shape index (κ2) is 6.86. The minimum atomic E-state index is 0.0731. The first-order valence-electron chi connectivity index (χ1n) is 6.15. The van der Waals surface area contributed by atoms with Crippen LogP contribution in [-0.2, 0) is 9.53 Å². The molecule has 0 unspecified atom stereocenters. The van der Waals surface area contributed by atoms with Crippen LogP contribution in [0.2, 0.25) is 0 Å². The third-order valence-corrected chi connectivity index (χ3v) is 3.21. The number of rotatable bonds is 5. The molecule has 1 aliphatic rings. The molecule has 0 spiro atoms. The maximum absolute atomic E-state index is 11.6. The zero-order valence-corrected chi connectivity index (χ0v) is 10.7. The first kappa shape index (κ1) is 13.5. The SMILES string of the molecule is CC(C)N(C)C(=O)COCC1CCNCC1. The van der Waals surface area contributed by atoms with Crippen LogP contribution >= 0.6 is 0 Å². The number of piperidine rings is 1. The molecule has 1 N–H and O–H groups in total. The molecule has 0 aromatic carbocycles. The Kier molecular flexibility index (Phi) is 5.77. The Morgan fingerprint density at radius 1 is 1.44 bits per heavy atom. The fourth-order valence-corrected chi connectivity index (χ4v) is 1.75. The van der Waals surface area contributed by atoms with Crippen LogP contribution in [0.15, 0.2) is 0 Å². The normalized spacial score (nSPS) is 17.8. The molecule has 0 saturated carbocycles. The average Bonchev–Trinajstić information content (AvgIpc) is 2.29. The van der Waals surface area contributed by atoms with Gasteiger partial charge < -0.3 is 15.0 Å². The molecular weight excluding hydrogens is 204 g/mol. The lowest BCUT2D eigenvalue weighted by Gasteiger charge is -2.24. The minimum Gasteiger partial charge on any atom is -0.371 e. The van der Waals surface area contributed by atoms with Crippen LogP contribution in [0, 0.1) is 5.92 Å². The predicted molar refractivity (Wildman–Crippen MR) is 64.3 cm³/mol. The largest absolute Gasteiger partial charge is 0.371 e. The summed E-state index contributed by atoms with van der Waals surface area (Å²) in [6.45, 7) is 7.11. The van der Waals surface area contributed by atoms with Gasteiger partial charge in [0.25, 0.3) is 0 Å². The molecule has 0 bridgehead atoms. The summed E-state index contributed by atoms with van der Waals surface area (Å²) in [6.07, 6.45) is 2.32. The highest BCUT2D eigenvalue weighted by Gasteiger charge is 2.15. The number of nitrogens with zero attached hydrogens (tertiary/aromatic N) is 1. The molecule has 0 atom stereocenters. The summed E-state index contributed by atoms with van der Waals surface area (Å²) in [5.74, 6) is 0.697. The second-order valence-corrected chi connectivity index (χ2v) is 4.81. The number of carbonyl (C=O) groups is 1. The van der Waals surface area contributed by atoms with Crippen molar-refractivity contribution >= 4 is 5.91 Å². The number of ether oxygens (including phenoxy) is 1. The summed E-state index contributed by atoms with van der Waals surface area (Å²) in [5.41, 5.74) is 0. The van der Waals surface area contributed by atoms with E-state index in [-0.39, 0.29) is 18.6 Å². The Bertz CT molecular complexity index is 213. The molecule has 4 heteroatoms. The first-order chi connectivity index (χ1) is 7.61. The Balaban J connectivity index is 2.12. The number of nitrogens with one attached hydrogen (secondary N) is 1. The fraction of sp³-hybridized carbons (Fsp3) is 0.917. The van der Waals surface area contributed by atoms with E-state index in [2.05, 4.69) is 5.32 Å². The highest BCUT2D eigenvalue weighted by Crippen LogP contribution is 2.11. The van der Waals surface area contributed by atoms with E-state index in [1.807, 2.05) is 20.9 Å². The third kappa shape index (κ3) is 4.49. The van der Waals surface area contributed by atoms with Crippen LogP contribution < -0.4 is 5.32 Å². The van der Waals surface area contributed by atoms with Crippen LogP contribution in [0.3, 0.4) is 0 Å². The van der Waals surface area contributed by atoms with Gasteiger partial charge in [0.1, 0.15) is 6.61 Å². The van der Waals surface area contributed by atoms with E-state index in [4.69, 9.17) is 4.74 Å². The van der Waals surface area contributed by atoms with Gasteiger partial charge in [0.2, 0.25) is 5.91 Å². The van der Waals surface area contributed by atoms with E-state index < -0.39 is 0 Å². The van der Waals surface area contributed by atoms with Gasteiger partial charge in [-0.25, -0.2) is 0 Å². The van der Waals surface area contributed by atoms with Gasteiger partial charge in [0, 0.05) is 13.1 Å². The molecule has 1 saturated heterocycles. The molecule has 1 fully saturated rings. The van der Waals surface area contributed by atoms with E-state index in [0.717, 1.165) is 32.5 Å². The Morgan fingerprint density at radius 3 is 2.62 bits per heavy atom. The quantitative estimate of drug-likeness (QED) is 0.759. The van der Waals surface area contributed by atoms with Gasteiger partial charge in [-0.1, -0.05) is 0 Å². The van der Waals surface area contributed by atoms with E-state index in [1.54, 1.807) is 4.90 Å². The Morgan fingerprint density at radius 2 is 2.06 bits per heavy atom. The molecule has 0 radical (unpaired) electrons. The first-order valence-corrected chi connectivity index (χ1v) is 6.15. The number of hydrogen-bond donors (Lipinski definition) is 1. The lowest BCUT2D eigenvalue weighted by Crippen LogP contribution is -2.36. The van der Waals surface area contributed by atoms with Crippen LogP contribution in [0.1, 0.15) is 26.7 Å². The Labute approximate surface area is 98.3 Å². The van der Waals surface area contributed by atoms with Gasteiger partial charge in [-0.15, -0.1) is 0 Å². The maximum Gasteiger partial charge on any atom is 0.248 e. The average molecular weight is 228 g/mol. The molecule has 1 aliphatic heterocycles. The summed E-state index contributed by atoms with van der Waals surface area (Å²) in [4.78, 5) is 13.3. The van der Waals surface area contributed by atoms with Gasteiger partial charge >= 0.3 is 0 Å². The topological polar surface area (TPSA) is 41.6 Å². The summed E-state index contributed by atoms with van der Waals surface area (Å²) < 4.78 is 5.49. The van der Waals surface area contributed by atoms with Crippen molar-refractivity contribution in [2.45, 2.75) is 32.7 Å². The van der Waals surface area contributed by atoms with Crippen LogP contribution in [-0.4, -0.2) is 50.2 Å². The fourth-order valence-electron chi connectivity index (χ4n) is 1.75. The minimum absolute atomic E-state index is 0.0731. The van der Waals surface area contributed by atoms with Crippen molar-refractivity contribution in [1.29, 1.82) is 0 Å². The number of hydrogen-bond acceptors (Lipinski definition) is 3. The lowest BCUT2D eigenvalue weighted by atomic mass is 9.99. The second-order valence-electron chi connectivity index (χ2n) is 4.81. The van der Waals surface area contributed by atoms with Crippen molar-refractivity contribution in [3.63, 3.8) is 0 Å². The molecule has 0 aliphatic carbocycles. The van der Waals surface area contributed by atoms with Crippen LogP contribution in [0.4, 0.5) is 0 Å². The predicted octanol–water partition coefficient (Wildman–Crippen LogP) is 0.869. The molecule has 94 valence electrons. The molecule has 1 heterocycles. The van der Waals surface area contributed by atoms with Gasteiger partial charge in [-0.3, -0.25) is 4.79 Å². The zero-order chi connectivity index (χ0) is 12.0. The molecule has 0 aromatic rings. The number of amides is 1. The van der Waals surface area contributed by atoms with E-state index >= 15 is 0 Å². The molecular formula is C12H24N2O2. The highest BCUT2D eigenvalue weighted by atomic mass is 16.5. The Hall–Kier alpha value is -0.610. The molecule has 1 amide bonds. The van der Waals surface area contributed by atoms with Gasteiger partial charge in [-0.05, 0) is 45.7 Å². The maximum atomic E-state index is 11.6. The van der Waals surface area contributed by atoms with Crippen LogP contribution in [0.5, 0.6) is 0 Å². The van der Waals surface area contributed by atoms with Crippen molar-refractivity contribution in [3.05, 3.63) is 0 Å². The van der Waals surface area contributed by atoms with Gasteiger partial charge in [0.05, 0.1) is 6.61 Å². The number of likely N-dealkylation sites (N-methyl/N-ethyl adjacent to an activating group) is 1. The van der Waals surface area contributed by atoms with Crippen molar-refractivity contribution in [2.24, 2.45) is 5.92 Å². The van der Waals surface area contributed by atoms with Crippen LogP contribution in [0.25, 0.3) is 0 Å². The van der Waals surface area contributed by atoms with Crippen molar-refractivity contribution in [1.82, 2.24) is 10.2 Å². The highest BCUT2D eigenvalue weighted by molar-refractivity contribution is 5.77. The van der Waals surface area contributed by atoms with E-state index in [9.17, 15) is 4.79 Å². The number of carbonyl (C=O) groups excluding carboxylic acids is 1. The van der Waals surface area contributed by atoms with Gasteiger partial charge in [0.15, 0.2) is 0 Å². The monoisotopic (exact) mass is 228 g/mol. The standard InChI is InChI=1S/C12H24N2O2/c1-10(2)14(3)12(15)9-16-8-11-4-6-13-7-5-11/h10-11,13H,4-9H2,1-3H3. The zero-order valence-electron chi connectivity index (χ0n) is 10.7. The van der Waals surface area contributed by atoms with E-state index in [0.29, 0.717) is 5.92 Å². The third-order valence-electron chi connectivity index (χ3n) is 3.21. The van der Waals surface area contributed by atoms with Crippen molar-refractivity contribution in [2.75, 3.05) is 33.4 Å². The molecule has 16 heavy (non-hydrogen) atoms. The van der Waals surface area contributed by atoms with E-state index in [1.165, 1.54) is 0 Å². The molecule has 1 rings (SSSR count). The summed E-state index contributed by atoms with van der Waals surface area (Å²) in [5, 5.41) is 3.32. The summed E-state index contributed by atoms with van der Waals surface area (Å²) in [6, 6.07) is 0.245. The lowest BCUT2D eigenvalue weighted by molar-refractivity contribution is -0.136. The van der Waals surface area contributed by atoms with Crippen molar-refractivity contribution < 1.29 is 9.53 Å². The van der Waals surface area contributed by atoms with Crippen molar-refractivity contribution in [3.8, 4) is 0 Å².